The van der Waals surface area contributed by atoms with Gasteiger partial charge in [-0.2, -0.15) is 0 Å². The molecule has 0 radical (unpaired) electrons. The maximum atomic E-state index is 12.8. The predicted octanol–water partition coefficient (Wildman–Crippen LogP) is 3.80. The van der Waals surface area contributed by atoms with Gasteiger partial charge < -0.3 is 4.42 Å². The first-order valence-corrected chi connectivity index (χ1v) is 8.81. The highest BCUT2D eigenvalue weighted by Gasteiger charge is 2.18. The van der Waals surface area contributed by atoms with Crippen LogP contribution in [0.25, 0.3) is 38.8 Å². The van der Waals surface area contributed by atoms with Crippen molar-refractivity contribution < 1.29 is 4.42 Å². The number of H-pyrrole nitrogens is 1. The van der Waals surface area contributed by atoms with E-state index in [0.717, 1.165) is 22.4 Å². The van der Waals surface area contributed by atoms with Gasteiger partial charge in [-0.05, 0) is 42.3 Å². The second-order valence-corrected chi connectivity index (χ2v) is 6.62. The molecule has 3 heterocycles. The number of imidazole rings is 1. The first-order valence-electron chi connectivity index (χ1n) is 8.81. The average molecular weight is 369 g/mol. The lowest BCUT2D eigenvalue weighted by atomic mass is 10.0. The minimum Gasteiger partial charge on any atom is -0.421 e. The van der Waals surface area contributed by atoms with Crippen LogP contribution in [0.5, 0.6) is 0 Å². The molecule has 5 aromatic rings. The summed E-state index contributed by atoms with van der Waals surface area (Å²) >= 11 is 0. The Bertz CT molecular complexity index is 1460. The van der Waals surface area contributed by atoms with E-state index in [2.05, 4.69) is 9.97 Å². The van der Waals surface area contributed by atoms with Crippen molar-refractivity contribution in [1.29, 1.82) is 0 Å². The van der Waals surface area contributed by atoms with Crippen molar-refractivity contribution in [1.82, 2.24) is 14.5 Å². The van der Waals surface area contributed by atoms with Crippen molar-refractivity contribution in [2.24, 2.45) is 0 Å². The molecule has 0 saturated carbocycles. The maximum absolute atomic E-state index is 12.8. The molecule has 6 nitrogen and oxygen atoms in total. The molecule has 6 heteroatoms. The Kier molecular flexibility index (Phi) is 3.52. The van der Waals surface area contributed by atoms with E-state index in [1.165, 1.54) is 4.57 Å². The summed E-state index contributed by atoms with van der Waals surface area (Å²) in [6.45, 7) is 1.93. The number of aromatic amines is 1. The zero-order valence-corrected chi connectivity index (χ0v) is 15.0. The van der Waals surface area contributed by atoms with Crippen LogP contribution in [0.4, 0.5) is 0 Å². The molecule has 0 atom stereocenters. The molecule has 2 aromatic carbocycles. The summed E-state index contributed by atoms with van der Waals surface area (Å²) in [5.74, 6) is 0. The quantitative estimate of drug-likeness (QED) is 0.480. The van der Waals surface area contributed by atoms with E-state index in [0.29, 0.717) is 16.5 Å². The van der Waals surface area contributed by atoms with Crippen molar-refractivity contribution >= 4 is 22.0 Å². The fourth-order valence-corrected chi connectivity index (χ4v) is 3.55. The van der Waals surface area contributed by atoms with Crippen molar-refractivity contribution in [3.05, 3.63) is 93.5 Å². The highest BCUT2D eigenvalue weighted by Crippen LogP contribution is 2.29. The van der Waals surface area contributed by atoms with Crippen molar-refractivity contribution in [2.75, 3.05) is 0 Å². The van der Waals surface area contributed by atoms with E-state index in [1.807, 2.05) is 55.5 Å². The fourth-order valence-electron chi connectivity index (χ4n) is 3.55. The molecular weight excluding hydrogens is 354 g/mol. The molecule has 0 aliphatic carbocycles. The third-order valence-corrected chi connectivity index (χ3v) is 4.89. The second kappa shape index (κ2) is 6.06. The standard InChI is InChI=1S/C22H15N3O3/c1-13-5-2-3-7-17(13)25-20-16-11-14(15-6-4-10-23-12-15)8-9-18(16)28-21(26)19(20)24-22(25)27/h2-12H,1H3,(H,24,27). The van der Waals surface area contributed by atoms with Crippen LogP contribution < -0.4 is 11.3 Å². The largest absolute Gasteiger partial charge is 0.421 e. The third kappa shape index (κ3) is 2.39. The van der Waals surface area contributed by atoms with Gasteiger partial charge in [-0.1, -0.05) is 30.3 Å². The van der Waals surface area contributed by atoms with E-state index >= 15 is 0 Å². The Hall–Kier alpha value is -3.93. The van der Waals surface area contributed by atoms with Gasteiger partial charge in [0.1, 0.15) is 5.58 Å². The van der Waals surface area contributed by atoms with Gasteiger partial charge in [0.25, 0.3) is 0 Å². The molecule has 0 aliphatic rings. The predicted molar refractivity (Wildman–Crippen MR) is 108 cm³/mol. The van der Waals surface area contributed by atoms with Gasteiger partial charge in [-0.3, -0.25) is 14.5 Å². The topological polar surface area (TPSA) is 80.9 Å². The Morgan fingerprint density at radius 2 is 1.86 bits per heavy atom. The van der Waals surface area contributed by atoms with Gasteiger partial charge in [-0.15, -0.1) is 0 Å². The number of rotatable bonds is 2. The van der Waals surface area contributed by atoms with Crippen LogP contribution >= 0.6 is 0 Å². The molecule has 1 N–H and O–H groups in total. The normalized spacial score (nSPS) is 11.3. The Balaban J connectivity index is 1.94. The number of nitrogens with one attached hydrogen (secondary N) is 1. The van der Waals surface area contributed by atoms with Gasteiger partial charge >= 0.3 is 11.3 Å². The highest BCUT2D eigenvalue weighted by molar-refractivity contribution is 6.03. The molecule has 3 aromatic heterocycles. The molecule has 136 valence electrons. The lowest BCUT2D eigenvalue weighted by Gasteiger charge is -2.09. The summed E-state index contributed by atoms with van der Waals surface area (Å²) in [7, 11) is 0. The fraction of sp³-hybridized carbons (Fsp3) is 0.0455. The summed E-state index contributed by atoms with van der Waals surface area (Å²) in [5, 5.41) is 0.678. The van der Waals surface area contributed by atoms with Crippen molar-refractivity contribution in [2.45, 2.75) is 6.92 Å². The SMILES string of the molecule is Cc1ccccc1-n1c(=O)[nH]c2c(=O)oc3ccc(-c4cccnc4)cc3c21. The number of nitrogens with zero attached hydrogens (tertiary/aromatic N) is 2. The number of aromatic nitrogens is 3. The van der Waals surface area contributed by atoms with Crippen LogP contribution in [0.3, 0.4) is 0 Å². The van der Waals surface area contributed by atoms with Crippen LogP contribution in [0.15, 0.2) is 81.0 Å². The summed E-state index contributed by atoms with van der Waals surface area (Å²) in [6, 6.07) is 16.9. The second-order valence-electron chi connectivity index (χ2n) is 6.62. The van der Waals surface area contributed by atoms with Gasteiger partial charge in [-0.25, -0.2) is 9.59 Å². The number of pyridine rings is 1. The summed E-state index contributed by atoms with van der Waals surface area (Å²) in [6.07, 6.45) is 3.48. The first kappa shape index (κ1) is 16.3. The van der Waals surface area contributed by atoms with Crippen LogP contribution in [-0.4, -0.2) is 14.5 Å². The zero-order chi connectivity index (χ0) is 19.3. The van der Waals surface area contributed by atoms with Gasteiger partial charge in [0.2, 0.25) is 0 Å². The average Bonchev–Trinajstić information content (AvgIpc) is 3.07. The smallest absolute Gasteiger partial charge is 0.362 e. The summed E-state index contributed by atoms with van der Waals surface area (Å²) in [5.41, 5.74) is 3.64. The number of hydrogen-bond acceptors (Lipinski definition) is 4. The van der Waals surface area contributed by atoms with Crippen molar-refractivity contribution in [3.63, 3.8) is 0 Å². The molecule has 0 spiro atoms. The monoisotopic (exact) mass is 369 g/mol. The minimum absolute atomic E-state index is 0.157. The van der Waals surface area contributed by atoms with Crippen molar-refractivity contribution in [3.8, 4) is 16.8 Å². The van der Waals surface area contributed by atoms with Gasteiger partial charge in [0, 0.05) is 23.3 Å². The summed E-state index contributed by atoms with van der Waals surface area (Å²) < 4.78 is 6.98. The molecule has 28 heavy (non-hydrogen) atoms. The van der Waals surface area contributed by atoms with Crippen LogP contribution in [-0.2, 0) is 0 Å². The molecule has 0 amide bonds. The van der Waals surface area contributed by atoms with Crippen LogP contribution in [0.2, 0.25) is 0 Å². The van der Waals surface area contributed by atoms with E-state index in [9.17, 15) is 9.59 Å². The summed E-state index contributed by atoms with van der Waals surface area (Å²) in [4.78, 5) is 32.1. The number of fused-ring (bicyclic) bond motifs is 3. The van der Waals surface area contributed by atoms with E-state index in [-0.39, 0.29) is 11.2 Å². The molecule has 0 aliphatic heterocycles. The number of aryl methyl sites for hydroxylation is 1. The van der Waals surface area contributed by atoms with Crippen LogP contribution in [0, 0.1) is 6.92 Å². The molecule has 0 bridgehead atoms. The lowest BCUT2D eigenvalue weighted by molar-refractivity contribution is 0.568. The highest BCUT2D eigenvalue weighted by atomic mass is 16.4. The maximum Gasteiger partial charge on any atom is 0.362 e. The molecule has 0 saturated heterocycles. The Morgan fingerprint density at radius 3 is 2.64 bits per heavy atom. The Labute approximate surface area is 158 Å². The molecular formula is C22H15N3O3. The first-order chi connectivity index (χ1) is 13.6. The van der Waals surface area contributed by atoms with E-state index < -0.39 is 5.63 Å². The number of benzene rings is 2. The number of hydrogen-bond donors (Lipinski definition) is 1. The molecule has 0 unspecified atom stereocenters. The van der Waals surface area contributed by atoms with Gasteiger partial charge in [0.15, 0.2) is 5.52 Å². The van der Waals surface area contributed by atoms with Crippen LogP contribution in [0.1, 0.15) is 5.56 Å². The zero-order valence-electron chi connectivity index (χ0n) is 15.0. The molecule has 0 fully saturated rings. The van der Waals surface area contributed by atoms with Gasteiger partial charge in [0.05, 0.1) is 11.2 Å². The number of para-hydroxylation sites is 1. The molecule has 5 rings (SSSR count). The lowest BCUT2D eigenvalue weighted by Crippen LogP contribution is -2.15. The Morgan fingerprint density at radius 1 is 1.00 bits per heavy atom. The van der Waals surface area contributed by atoms with E-state index in [4.69, 9.17) is 4.42 Å². The minimum atomic E-state index is -0.568. The third-order valence-electron chi connectivity index (χ3n) is 4.89. The van der Waals surface area contributed by atoms with E-state index in [1.54, 1.807) is 18.5 Å².